The van der Waals surface area contributed by atoms with Crippen LogP contribution in [0.2, 0.25) is 0 Å². The molecule has 1 aromatic heterocycles. The maximum absolute atomic E-state index is 6.56. The Morgan fingerprint density at radius 2 is 0.875 bits per heavy atom. The number of fused-ring (bicyclic) bond motifs is 9. The largest absolute Gasteiger partial charge is 0.455 e. The monoisotopic (exact) mass is 612 g/mol. The molecule has 0 unspecified atom stereocenters. The molecule has 226 valence electrons. The fourth-order valence-corrected chi connectivity index (χ4v) is 8.38. The molecule has 0 radical (unpaired) electrons. The van der Waals surface area contributed by atoms with Gasteiger partial charge in [0.15, 0.2) is 0 Å². The van der Waals surface area contributed by atoms with Crippen molar-refractivity contribution in [2.45, 2.75) is 19.3 Å². The van der Waals surface area contributed by atoms with Crippen LogP contribution in [0.25, 0.3) is 88.0 Å². The van der Waals surface area contributed by atoms with Crippen LogP contribution in [0.4, 0.5) is 0 Å². The predicted molar refractivity (Wildman–Crippen MR) is 203 cm³/mol. The summed E-state index contributed by atoms with van der Waals surface area (Å²) in [6.45, 7) is 4.66. The molecular weight excluding hydrogens is 581 g/mol. The van der Waals surface area contributed by atoms with Gasteiger partial charge in [-0.15, -0.1) is 0 Å². The molecule has 1 heteroatoms. The van der Waals surface area contributed by atoms with Gasteiger partial charge in [-0.05, 0) is 83.7 Å². The molecule has 1 heterocycles. The third kappa shape index (κ3) is 3.79. The summed E-state index contributed by atoms with van der Waals surface area (Å²) in [7, 11) is 0. The SMILES string of the molecule is CC1(C)c2ccc(-c3ccc(-c4c5ccccc5c(-c5ccccc5)c5ccccc45)cc3)cc2-c2c1ccc1c2oc2ccccc21. The second kappa shape index (κ2) is 10.0. The van der Waals surface area contributed by atoms with Crippen molar-refractivity contribution in [3.05, 3.63) is 169 Å². The van der Waals surface area contributed by atoms with Crippen LogP contribution < -0.4 is 0 Å². The molecule has 0 aliphatic heterocycles. The lowest BCUT2D eigenvalue weighted by Crippen LogP contribution is -2.14. The van der Waals surface area contributed by atoms with Gasteiger partial charge in [0.2, 0.25) is 0 Å². The van der Waals surface area contributed by atoms with Crippen molar-refractivity contribution in [3.8, 4) is 44.5 Å². The summed E-state index contributed by atoms with van der Waals surface area (Å²) in [5.41, 5.74) is 14.5. The van der Waals surface area contributed by atoms with E-state index < -0.39 is 0 Å². The van der Waals surface area contributed by atoms with Crippen LogP contribution in [0.3, 0.4) is 0 Å². The average Bonchev–Trinajstić information content (AvgIpc) is 3.63. The standard InChI is InChI=1S/C47H32O/c1-47(2)40-26-24-32(28-39(40)45-41(47)27-25-38-33-14-10-11-19-42(33)48-46(38)45)29-20-22-31(23-21-29)44-36-17-8-6-15-34(36)43(30-12-4-3-5-13-30)35-16-7-9-18-37(35)44/h3-28H,1-2H3. The Balaban J connectivity index is 1.13. The van der Waals surface area contributed by atoms with E-state index in [0.717, 1.165) is 11.2 Å². The van der Waals surface area contributed by atoms with Crippen molar-refractivity contribution < 1.29 is 4.42 Å². The molecule has 1 aliphatic rings. The second-order valence-corrected chi connectivity index (χ2v) is 13.6. The van der Waals surface area contributed by atoms with Crippen molar-refractivity contribution in [2.75, 3.05) is 0 Å². The molecule has 10 rings (SSSR count). The molecule has 0 N–H and O–H groups in total. The Kier molecular flexibility index (Phi) is 5.69. The fraction of sp³-hybridized carbons (Fsp3) is 0.0638. The van der Waals surface area contributed by atoms with E-state index in [9.17, 15) is 0 Å². The van der Waals surface area contributed by atoms with Gasteiger partial charge in [-0.25, -0.2) is 0 Å². The first-order valence-electron chi connectivity index (χ1n) is 16.8. The average molecular weight is 613 g/mol. The Morgan fingerprint density at radius 3 is 1.52 bits per heavy atom. The zero-order chi connectivity index (χ0) is 32.0. The van der Waals surface area contributed by atoms with Crippen LogP contribution in [0.15, 0.2) is 162 Å². The van der Waals surface area contributed by atoms with Crippen molar-refractivity contribution in [1.29, 1.82) is 0 Å². The lowest BCUT2D eigenvalue weighted by Gasteiger charge is -2.21. The Hall–Kier alpha value is -5.92. The number of para-hydroxylation sites is 1. The van der Waals surface area contributed by atoms with Crippen molar-refractivity contribution in [1.82, 2.24) is 0 Å². The number of benzene rings is 8. The van der Waals surface area contributed by atoms with Gasteiger partial charge >= 0.3 is 0 Å². The van der Waals surface area contributed by atoms with E-state index in [2.05, 4.69) is 166 Å². The summed E-state index contributed by atoms with van der Waals surface area (Å²) in [6, 6.07) is 57.6. The molecule has 0 amide bonds. The highest BCUT2D eigenvalue weighted by atomic mass is 16.3. The Labute approximate surface area is 279 Å². The van der Waals surface area contributed by atoms with E-state index >= 15 is 0 Å². The van der Waals surface area contributed by atoms with Crippen LogP contribution in [0, 0.1) is 0 Å². The van der Waals surface area contributed by atoms with Gasteiger partial charge in [-0.1, -0.05) is 159 Å². The minimum Gasteiger partial charge on any atom is -0.455 e. The van der Waals surface area contributed by atoms with Crippen LogP contribution >= 0.6 is 0 Å². The van der Waals surface area contributed by atoms with Crippen molar-refractivity contribution in [3.63, 3.8) is 0 Å². The summed E-state index contributed by atoms with van der Waals surface area (Å²) in [5.74, 6) is 0. The van der Waals surface area contributed by atoms with E-state index in [-0.39, 0.29) is 5.41 Å². The molecule has 9 aromatic rings. The minimum atomic E-state index is -0.103. The fourth-order valence-electron chi connectivity index (χ4n) is 8.38. The number of furan rings is 1. The Morgan fingerprint density at radius 1 is 0.375 bits per heavy atom. The quantitative estimate of drug-likeness (QED) is 0.181. The highest BCUT2D eigenvalue weighted by Gasteiger charge is 2.37. The van der Waals surface area contributed by atoms with Crippen molar-refractivity contribution >= 4 is 43.5 Å². The van der Waals surface area contributed by atoms with E-state index in [1.165, 1.54) is 88.0 Å². The zero-order valence-corrected chi connectivity index (χ0v) is 26.9. The summed E-state index contributed by atoms with van der Waals surface area (Å²) in [4.78, 5) is 0. The van der Waals surface area contributed by atoms with E-state index in [4.69, 9.17) is 4.42 Å². The van der Waals surface area contributed by atoms with Gasteiger partial charge in [-0.2, -0.15) is 0 Å². The molecule has 1 aliphatic carbocycles. The molecule has 48 heavy (non-hydrogen) atoms. The molecule has 0 atom stereocenters. The highest BCUT2D eigenvalue weighted by molar-refractivity contribution is 6.21. The first-order chi connectivity index (χ1) is 23.6. The van der Waals surface area contributed by atoms with Crippen LogP contribution in [0.1, 0.15) is 25.0 Å². The zero-order valence-electron chi connectivity index (χ0n) is 26.9. The van der Waals surface area contributed by atoms with E-state index in [1.54, 1.807) is 0 Å². The lowest BCUT2D eigenvalue weighted by atomic mass is 9.82. The number of hydrogen-bond donors (Lipinski definition) is 0. The molecule has 8 aromatic carbocycles. The maximum Gasteiger partial charge on any atom is 0.143 e. The summed E-state index contributed by atoms with van der Waals surface area (Å²) in [6.07, 6.45) is 0. The van der Waals surface area contributed by atoms with Gasteiger partial charge in [0.05, 0.1) is 0 Å². The summed E-state index contributed by atoms with van der Waals surface area (Å²) < 4.78 is 6.56. The first kappa shape index (κ1) is 27.2. The minimum absolute atomic E-state index is 0.103. The van der Waals surface area contributed by atoms with Crippen LogP contribution in [-0.4, -0.2) is 0 Å². The highest BCUT2D eigenvalue weighted by Crippen LogP contribution is 2.53. The molecule has 0 saturated heterocycles. The normalized spacial score (nSPS) is 13.4. The smallest absolute Gasteiger partial charge is 0.143 e. The Bertz CT molecular complexity index is 2670. The number of hydrogen-bond acceptors (Lipinski definition) is 1. The maximum atomic E-state index is 6.56. The molecule has 1 nitrogen and oxygen atoms in total. The van der Waals surface area contributed by atoms with Crippen molar-refractivity contribution in [2.24, 2.45) is 0 Å². The topological polar surface area (TPSA) is 13.1 Å². The van der Waals surface area contributed by atoms with Gasteiger partial charge in [0.1, 0.15) is 11.2 Å². The molecular formula is C47H32O. The van der Waals surface area contributed by atoms with E-state index in [1.807, 2.05) is 6.07 Å². The summed E-state index contributed by atoms with van der Waals surface area (Å²) in [5, 5.41) is 7.45. The van der Waals surface area contributed by atoms with Crippen LogP contribution in [0.5, 0.6) is 0 Å². The molecule has 0 spiro atoms. The van der Waals surface area contributed by atoms with Crippen LogP contribution in [-0.2, 0) is 5.41 Å². The second-order valence-electron chi connectivity index (χ2n) is 13.6. The van der Waals surface area contributed by atoms with Gasteiger partial charge < -0.3 is 4.42 Å². The third-order valence-corrected chi connectivity index (χ3v) is 10.7. The predicted octanol–water partition coefficient (Wildman–Crippen LogP) is 13.2. The first-order valence-corrected chi connectivity index (χ1v) is 16.8. The molecule has 0 saturated carbocycles. The van der Waals surface area contributed by atoms with E-state index in [0.29, 0.717) is 0 Å². The lowest BCUT2D eigenvalue weighted by molar-refractivity contribution is 0.653. The third-order valence-electron chi connectivity index (χ3n) is 10.7. The molecule has 0 fully saturated rings. The van der Waals surface area contributed by atoms with Gasteiger partial charge in [0.25, 0.3) is 0 Å². The number of rotatable bonds is 3. The summed E-state index contributed by atoms with van der Waals surface area (Å²) >= 11 is 0. The molecule has 0 bridgehead atoms. The van der Waals surface area contributed by atoms with Gasteiger partial charge in [-0.3, -0.25) is 0 Å². The van der Waals surface area contributed by atoms with Gasteiger partial charge in [0, 0.05) is 21.8 Å².